The number of piperidine rings is 1. The average molecular weight is 277 g/mol. The molecule has 20 heavy (non-hydrogen) atoms. The summed E-state index contributed by atoms with van der Waals surface area (Å²) in [5.74, 6) is -0.186. The highest BCUT2D eigenvalue weighted by molar-refractivity contribution is 5.49. The summed E-state index contributed by atoms with van der Waals surface area (Å²) in [6, 6.07) is 7.44. The van der Waals surface area contributed by atoms with Crippen LogP contribution in [0.25, 0.3) is 0 Å². The fraction of sp³-hybridized carbons (Fsp3) is 0.625. The lowest BCUT2D eigenvalue weighted by Crippen LogP contribution is -2.60. The fourth-order valence-corrected chi connectivity index (χ4v) is 3.88. The van der Waals surface area contributed by atoms with E-state index in [-0.39, 0.29) is 11.4 Å². The second-order valence-electron chi connectivity index (χ2n) is 6.25. The van der Waals surface area contributed by atoms with E-state index in [0.29, 0.717) is 12.6 Å². The van der Waals surface area contributed by atoms with E-state index in [9.17, 15) is 4.39 Å². The van der Waals surface area contributed by atoms with Gasteiger partial charge in [0, 0.05) is 31.9 Å². The molecule has 0 aliphatic carbocycles. The minimum absolute atomic E-state index is 0.0172. The van der Waals surface area contributed by atoms with Gasteiger partial charge in [0.25, 0.3) is 0 Å². The van der Waals surface area contributed by atoms with Crippen molar-refractivity contribution in [1.82, 2.24) is 4.90 Å². The molecule has 2 unspecified atom stereocenters. The molecule has 0 amide bonds. The first kappa shape index (κ1) is 13.8. The topological polar surface area (TPSA) is 32.5 Å². The summed E-state index contributed by atoms with van der Waals surface area (Å²) in [7, 11) is 2.10. The summed E-state index contributed by atoms with van der Waals surface area (Å²) < 4.78 is 13.1. The number of anilines is 1. The molecule has 3 nitrogen and oxygen atoms in total. The largest absolute Gasteiger partial charge is 0.368 e. The zero-order chi connectivity index (χ0) is 14.2. The van der Waals surface area contributed by atoms with Crippen LogP contribution < -0.4 is 10.6 Å². The van der Waals surface area contributed by atoms with Crippen LogP contribution in [0.1, 0.15) is 25.7 Å². The summed E-state index contributed by atoms with van der Waals surface area (Å²) >= 11 is 0. The molecule has 2 aliphatic rings. The van der Waals surface area contributed by atoms with Crippen molar-refractivity contribution in [1.29, 1.82) is 0 Å². The Balaban J connectivity index is 1.82. The minimum Gasteiger partial charge on any atom is -0.368 e. The van der Waals surface area contributed by atoms with Gasteiger partial charge >= 0.3 is 0 Å². The van der Waals surface area contributed by atoms with Gasteiger partial charge in [-0.05, 0) is 56.5 Å². The van der Waals surface area contributed by atoms with Gasteiger partial charge in [-0.1, -0.05) is 0 Å². The van der Waals surface area contributed by atoms with E-state index in [1.54, 1.807) is 0 Å². The van der Waals surface area contributed by atoms with Crippen molar-refractivity contribution in [2.45, 2.75) is 37.3 Å². The van der Waals surface area contributed by atoms with E-state index >= 15 is 0 Å². The second-order valence-corrected chi connectivity index (χ2v) is 6.25. The van der Waals surface area contributed by atoms with Crippen molar-refractivity contribution in [3.63, 3.8) is 0 Å². The minimum atomic E-state index is -0.186. The Bertz CT molecular complexity index is 461. The maximum absolute atomic E-state index is 13.1. The summed E-state index contributed by atoms with van der Waals surface area (Å²) in [5.41, 5.74) is 7.23. The van der Waals surface area contributed by atoms with Gasteiger partial charge < -0.3 is 15.5 Å². The summed E-state index contributed by atoms with van der Waals surface area (Å²) in [6.45, 7) is 3.03. The Labute approximate surface area is 120 Å². The van der Waals surface area contributed by atoms with Crippen LogP contribution in [0.15, 0.2) is 24.3 Å². The number of fused-ring (bicyclic) bond motifs is 1. The second kappa shape index (κ2) is 5.34. The molecule has 2 saturated heterocycles. The average Bonchev–Trinajstić information content (AvgIpc) is 2.94. The number of nitrogens with two attached hydrogens (primary N) is 1. The molecule has 1 aromatic rings. The number of nitrogens with zero attached hydrogens (tertiary/aromatic N) is 2. The monoisotopic (exact) mass is 277 g/mol. The van der Waals surface area contributed by atoms with Gasteiger partial charge in [-0.15, -0.1) is 0 Å². The van der Waals surface area contributed by atoms with Crippen LogP contribution >= 0.6 is 0 Å². The standard InChI is InChI=1S/C16H24FN3/c1-19(14-6-4-13(17)5-7-14)16(12-18)8-10-20-9-2-3-15(20)11-16/h4-7,15H,2-3,8-12,18H2,1H3. The molecular weight excluding hydrogens is 253 g/mol. The molecule has 0 bridgehead atoms. The normalized spacial score (nSPS) is 30.2. The number of likely N-dealkylation sites (N-methyl/N-ethyl adjacent to an activating group) is 1. The number of hydrogen-bond acceptors (Lipinski definition) is 3. The van der Waals surface area contributed by atoms with Gasteiger partial charge in [0.15, 0.2) is 0 Å². The van der Waals surface area contributed by atoms with Crippen LogP contribution in [-0.4, -0.2) is 43.2 Å². The van der Waals surface area contributed by atoms with Crippen LogP contribution in [0, 0.1) is 5.82 Å². The molecular formula is C16H24FN3. The quantitative estimate of drug-likeness (QED) is 0.919. The van der Waals surface area contributed by atoms with E-state index < -0.39 is 0 Å². The molecule has 0 radical (unpaired) electrons. The van der Waals surface area contributed by atoms with Crippen molar-refractivity contribution in [3.05, 3.63) is 30.1 Å². The molecule has 110 valence electrons. The van der Waals surface area contributed by atoms with Crippen LogP contribution in [0.4, 0.5) is 10.1 Å². The molecule has 0 spiro atoms. The highest BCUT2D eigenvalue weighted by Crippen LogP contribution is 2.37. The van der Waals surface area contributed by atoms with Crippen LogP contribution in [0.2, 0.25) is 0 Å². The Hall–Kier alpha value is -1.13. The van der Waals surface area contributed by atoms with E-state index in [1.807, 2.05) is 12.1 Å². The van der Waals surface area contributed by atoms with E-state index in [4.69, 9.17) is 5.73 Å². The van der Waals surface area contributed by atoms with E-state index in [1.165, 1.54) is 31.5 Å². The van der Waals surface area contributed by atoms with Crippen LogP contribution in [0.5, 0.6) is 0 Å². The maximum Gasteiger partial charge on any atom is 0.123 e. The third kappa shape index (κ3) is 2.31. The summed E-state index contributed by atoms with van der Waals surface area (Å²) in [4.78, 5) is 4.88. The van der Waals surface area contributed by atoms with Gasteiger partial charge in [-0.25, -0.2) is 4.39 Å². The lowest BCUT2D eigenvalue weighted by atomic mass is 9.81. The first-order chi connectivity index (χ1) is 9.64. The van der Waals surface area contributed by atoms with Gasteiger partial charge in [0.1, 0.15) is 5.82 Å². The lowest BCUT2D eigenvalue weighted by molar-refractivity contribution is 0.131. The molecule has 0 saturated carbocycles. The molecule has 0 aromatic heterocycles. The Morgan fingerprint density at radius 2 is 2.10 bits per heavy atom. The zero-order valence-electron chi connectivity index (χ0n) is 12.2. The Morgan fingerprint density at radius 1 is 1.35 bits per heavy atom. The summed E-state index contributed by atoms with van der Waals surface area (Å²) in [5, 5.41) is 0. The van der Waals surface area contributed by atoms with Gasteiger partial charge in [0.2, 0.25) is 0 Å². The molecule has 1 aromatic carbocycles. The van der Waals surface area contributed by atoms with Crippen molar-refractivity contribution in [2.75, 3.05) is 31.6 Å². The Kier molecular flexibility index (Phi) is 3.69. The zero-order valence-corrected chi connectivity index (χ0v) is 12.2. The smallest absolute Gasteiger partial charge is 0.123 e. The van der Waals surface area contributed by atoms with Gasteiger partial charge in [-0.2, -0.15) is 0 Å². The molecule has 2 N–H and O–H groups in total. The first-order valence-electron chi connectivity index (χ1n) is 7.58. The van der Waals surface area contributed by atoms with Crippen molar-refractivity contribution in [2.24, 2.45) is 5.73 Å². The van der Waals surface area contributed by atoms with Crippen LogP contribution in [-0.2, 0) is 0 Å². The Morgan fingerprint density at radius 3 is 2.80 bits per heavy atom. The lowest BCUT2D eigenvalue weighted by Gasteiger charge is -2.49. The predicted molar refractivity (Wildman–Crippen MR) is 80.4 cm³/mol. The number of rotatable bonds is 3. The number of hydrogen-bond donors (Lipinski definition) is 1. The molecule has 2 heterocycles. The van der Waals surface area contributed by atoms with Crippen molar-refractivity contribution >= 4 is 5.69 Å². The molecule has 2 aliphatic heterocycles. The predicted octanol–water partition coefficient (Wildman–Crippen LogP) is 2.22. The number of benzene rings is 1. The third-order valence-electron chi connectivity index (χ3n) is 5.28. The van der Waals surface area contributed by atoms with Crippen molar-refractivity contribution < 1.29 is 4.39 Å². The van der Waals surface area contributed by atoms with Crippen molar-refractivity contribution in [3.8, 4) is 0 Å². The molecule has 4 heteroatoms. The summed E-state index contributed by atoms with van der Waals surface area (Å²) in [6.07, 6.45) is 4.82. The maximum atomic E-state index is 13.1. The third-order valence-corrected chi connectivity index (χ3v) is 5.28. The molecule has 3 rings (SSSR count). The van der Waals surface area contributed by atoms with Gasteiger partial charge in [0.05, 0.1) is 5.54 Å². The fourth-order valence-electron chi connectivity index (χ4n) is 3.88. The first-order valence-corrected chi connectivity index (χ1v) is 7.58. The van der Waals surface area contributed by atoms with Gasteiger partial charge in [-0.3, -0.25) is 0 Å². The SMILES string of the molecule is CN(c1ccc(F)cc1)C1(CN)CCN2CCCC2C1. The van der Waals surface area contributed by atoms with E-state index in [2.05, 4.69) is 16.8 Å². The number of halogens is 1. The van der Waals surface area contributed by atoms with Crippen LogP contribution in [0.3, 0.4) is 0 Å². The molecule has 2 fully saturated rings. The highest BCUT2D eigenvalue weighted by Gasteiger charge is 2.43. The highest BCUT2D eigenvalue weighted by atomic mass is 19.1. The van der Waals surface area contributed by atoms with E-state index in [0.717, 1.165) is 25.1 Å². The molecule has 2 atom stereocenters.